The van der Waals surface area contributed by atoms with Gasteiger partial charge < -0.3 is 33.8 Å². The molecule has 0 fully saturated rings. The number of phosphoric acid groups is 2. The molecule has 0 aliphatic heterocycles. The third kappa shape index (κ3) is 62.2. The maximum absolute atomic E-state index is 13.0. The van der Waals surface area contributed by atoms with Gasteiger partial charge in [-0.15, -0.1) is 0 Å². The topological polar surface area (TPSA) is 237 Å². The van der Waals surface area contributed by atoms with Crippen LogP contribution in [0.2, 0.25) is 0 Å². The molecule has 0 aliphatic rings. The summed E-state index contributed by atoms with van der Waals surface area (Å²) in [5.74, 6) is 0.913. The van der Waals surface area contributed by atoms with Gasteiger partial charge in [-0.1, -0.05) is 299 Å². The van der Waals surface area contributed by atoms with Gasteiger partial charge in [0.1, 0.15) is 19.3 Å². The molecular formula is C71H138O17P2. The second-order valence-corrected chi connectivity index (χ2v) is 30.0. The summed E-state index contributed by atoms with van der Waals surface area (Å²) in [6.07, 6.45) is 43.0. The van der Waals surface area contributed by atoms with Crippen LogP contribution in [-0.4, -0.2) is 96.7 Å². The summed E-state index contributed by atoms with van der Waals surface area (Å²) in [6.45, 7) is 14.1. The lowest BCUT2D eigenvalue weighted by molar-refractivity contribution is -0.161. The minimum atomic E-state index is -4.95. The first-order valence-electron chi connectivity index (χ1n) is 36.8. The van der Waals surface area contributed by atoms with Gasteiger partial charge >= 0.3 is 39.5 Å². The fourth-order valence-corrected chi connectivity index (χ4v) is 12.2. The normalized spacial score (nSPS) is 14.9. The predicted molar refractivity (Wildman–Crippen MR) is 363 cm³/mol. The molecule has 0 saturated carbocycles. The van der Waals surface area contributed by atoms with Gasteiger partial charge in [-0.2, -0.15) is 0 Å². The first-order valence-corrected chi connectivity index (χ1v) is 39.8. The van der Waals surface area contributed by atoms with Gasteiger partial charge in [0.25, 0.3) is 0 Å². The van der Waals surface area contributed by atoms with Crippen LogP contribution in [0.4, 0.5) is 0 Å². The van der Waals surface area contributed by atoms with Crippen LogP contribution in [0.1, 0.15) is 351 Å². The third-order valence-corrected chi connectivity index (χ3v) is 18.9. The predicted octanol–water partition coefficient (Wildman–Crippen LogP) is 20.1. The molecule has 0 radical (unpaired) electrons. The summed E-state index contributed by atoms with van der Waals surface area (Å²) in [7, 11) is -9.91. The monoisotopic (exact) mass is 1320 g/mol. The number of esters is 4. The Bertz CT molecular complexity index is 1790. The van der Waals surface area contributed by atoms with E-state index in [0.29, 0.717) is 25.7 Å². The first-order chi connectivity index (χ1) is 43.2. The van der Waals surface area contributed by atoms with Crippen LogP contribution in [-0.2, 0) is 65.4 Å². The Balaban J connectivity index is 5.27. The average molecular weight is 1330 g/mol. The number of phosphoric ester groups is 2. The van der Waals surface area contributed by atoms with Gasteiger partial charge in [-0.05, 0) is 49.4 Å². The molecule has 0 heterocycles. The lowest BCUT2D eigenvalue weighted by Crippen LogP contribution is -2.30. The van der Waals surface area contributed by atoms with Crippen LogP contribution < -0.4 is 0 Å². The molecule has 7 atom stereocenters. The number of ether oxygens (including phenoxy) is 4. The Morgan fingerprint density at radius 1 is 0.311 bits per heavy atom. The van der Waals surface area contributed by atoms with Crippen molar-refractivity contribution < 1.29 is 80.2 Å². The van der Waals surface area contributed by atoms with Crippen LogP contribution >= 0.6 is 15.6 Å². The summed E-state index contributed by atoms with van der Waals surface area (Å²) in [5, 5.41) is 10.6. The molecule has 19 heteroatoms. The van der Waals surface area contributed by atoms with E-state index in [9.17, 15) is 43.2 Å². The zero-order valence-corrected chi connectivity index (χ0v) is 60.6. The lowest BCUT2D eigenvalue weighted by Gasteiger charge is -2.21. The summed E-state index contributed by atoms with van der Waals surface area (Å²) in [4.78, 5) is 72.6. The van der Waals surface area contributed by atoms with Crippen LogP contribution in [0, 0.1) is 23.7 Å². The van der Waals surface area contributed by atoms with Crippen molar-refractivity contribution in [2.45, 2.75) is 369 Å². The Hall–Kier alpha value is -1.94. The van der Waals surface area contributed by atoms with E-state index in [2.05, 4.69) is 55.4 Å². The number of carbonyl (C=O) groups excluding carboxylic acids is 4. The lowest BCUT2D eigenvalue weighted by atomic mass is 9.99. The Kier molecular flexibility index (Phi) is 59.4. The number of unbranched alkanes of at least 4 members (excludes halogenated alkanes) is 32. The highest BCUT2D eigenvalue weighted by Crippen LogP contribution is 2.45. The Morgan fingerprint density at radius 3 is 0.789 bits per heavy atom. The molecule has 0 bridgehead atoms. The van der Waals surface area contributed by atoms with Gasteiger partial charge in [0, 0.05) is 25.7 Å². The molecule has 0 rings (SSSR count). The Morgan fingerprint density at radius 2 is 0.533 bits per heavy atom. The third-order valence-electron chi connectivity index (χ3n) is 17.0. The quantitative estimate of drug-likeness (QED) is 0.0222. The molecule has 0 aromatic heterocycles. The molecule has 0 aromatic rings. The van der Waals surface area contributed by atoms with Crippen molar-refractivity contribution in [3.8, 4) is 0 Å². The fraction of sp³-hybridized carbons (Fsp3) is 0.944. The van der Waals surface area contributed by atoms with E-state index in [0.717, 1.165) is 120 Å². The van der Waals surface area contributed by atoms with E-state index < -0.39 is 97.5 Å². The Labute approximate surface area is 549 Å². The van der Waals surface area contributed by atoms with E-state index in [1.54, 1.807) is 0 Å². The second-order valence-electron chi connectivity index (χ2n) is 27.1. The highest BCUT2D eigenvalue weighted by atomic mass is 31.2. The molecule has 0 amide bonds. The van der Waals surface area contributed by atoms with E-state index in [-0.39, 0.29) is 25.7 Å². The van der Waals surface area contributed by atoms with Gasteiger partial charge in [-0.25, -0.2) is 9.13 Å². The molecule has 90 heavy (non-hydrogen) atoms. The maximum atomic E-state index is 13.0. The van der Waals surface area contributed by atoms with Gasteiger partial charge in [0.2, 0.25) is 0 Å². The van der Waals surface area contributed by atoms with Gasteiger partial charge in [0.05, 0.1) is 26.4 Å². The minimum absolute atomic E-state index is 0.104. The zero-order chi connectivity index (χ0) is 66.8. The summed E-state index contributed by atoms with van der Waals surface area (Å²) in [5.41, 5.74) is 0. The van der Waals surface area contributed by atoms with Crippen molar-refractivity contribution in [3.63, 3.8) is 0 Å². The number of hydrogen-bond donors (Lipinski definition) is 3. The molecule has 0 aliphatic carbocycles. The van der Waals surface area contributed by atoms with Crippen molar-refractivity contribution in [1.82, 2.24) is 0 Å². The van der Waals surface area contributed by atoms with Crippen molar-refractivity contribution in [2.75, 3.05) is 39.6 Å². The van der Waals surface area contributed by atoms with Gasteiger partial charge in [0.15, 0.2) is 12.2 Å². The zero-order valence-electron chi connectivity index (χ0n) is 58.8. The molecular weight excluding hydrogens is 1190 g/mol. The number of aliphatic hydroxyl groups is 1. The first kappa shape index (κ1) is 88.1. The molecule has 4 unspecified atom stereocenters. The van der Waals surface area contributed by atoms with Crippen molar-refractivity contribution >= 4 is 39.5 Å². The summed E-state index contributed by atoms with van der Waals surface area (Å²) in [6, 6.07) is 0. The molecule has 3 N–H and O–H groups in total. The van der Waals surface area contributed by atoms with Crippen molar-refractivity contribution in [1.29, 1.82) is 0 Å². The van der Waals surface area contributed by atoms with E-state index in [1.165, 1.54) is 148 Å². The average Bonchev–Trinajstić information content (AvgIpc) is 3.56. The SMILES string of the molecule is CCC(C)CCCCCCCCCCCCC(=O)OC[C@H](COP(=O)(O)OC[C@@H](O)COP(=O)(O)OC[C@@H](COC(=O)CCCCCCCCC(C)CC)OC(=O)CCCCCCCCCCCC(C)C)OC(=O)CCCCCCCCCCCCCC(C)C. The highest BCUT2D eigenvalue weighted by Gasteiger charge is 2.30. The smallest absolute Gasteiger partial charge is 0.462 e. The molecule has 17 nitrogen and oxygen atoms in total. The van der Waals surface area contributed by atoms with Crippen LogP contribution in [0.3, 0.4) is 0 Å². The van der Waals surface area contributed by atoms with E-state index >= 15 is 0 Å². The van der Waals surface area contributed by atoms with Crippen LogP contribution in [0.15, 0.2) is 0 Å². The van der Waals surface area contributed by atoms with Gasteiger partial charge in [-0.3, -0.25) is 37.3 Å². The number of aliphatic hydroxyl groups excluding tert-OH is 1. The molecule has 534 valence electrons. The van der Waals surface area contributed by atoms with E-state index in [1.807, 2.05) is 0 Å². The van der Waals surface area contributed by atoms with Crippen LogP contribution in [0.5, 0.6) is 0 Å². The number of carbonyl (C=O) groups is 4. The molecule has 0 aromatic carbocycles. The van der Waals surface area contributed by atoms with E-state index in [4.69, 9.17) is 37.0 Å². The van der Waals surface area contributed by atoms with Crippen molar-refractivity contribution in [3.05, 3.63) is 0 Å². The van der Waals surface area contributed by atoms with Crippen LogP contribution in [0.25, 0.3) is 0 Å². The second kappa shape index (κ2) is 60.7. The molecule has 0 spiro atoms. The number of hydrogen-bond acceptors (Lipinski definition) is 15. The highest BCUT2D eigenvalue weighted by molar-refractivity contribution is 7.47. The standard InChI is InChI=1S/C71H138O17P2/c1-9-63(7)49-41-33-25-19-14-15-20-26-35-43-51-68(73)81-57-66(87-70(75)53-45-37-27-21-13-11-12-17-23-31-39-47-61(3)4)59-85-89(77,78)83-55-65(72)56-84-90(79,80)86-60-67(58-82-69(74)52-44-36-30-29-34-42-50-64(8)10-2)88-71(76)54-46-38-28-22-16-18-24-32-40-48-62(5)6/h61-67,72H,9-60H2,1-8H3,(H,77,78)(H,79,80)/t63?,64?,65-,66-,67-/m1/s1. The summed E-state index contributed by atoms with van der Waals surface area (Å²) < 4.78 is 68.3. The largest absolute Gasteiger partial charge is 0.472 e. The maximum Gasteiger partial charge on any atom is 0.472 e. The molecule has 0 saturated heterocycles. The minimum Gasteiger partial charge on any atom is -0.462 e. The summed E-state index contributed by atoms with van der Waals surface area (Å²) >= 11 is 0. The fourth-order valence-electron chi connectivity index (χ4n) is 10.6. The van der Waals surface area contributed by atoms with Crippen molar-refractivity contribution in [2.24, 2.45) is 23.7 Å². The number of rotatable bonds is 68.